The van der Waals surface area contributed by atoms with Gasteiger partial charge in [-0.05, 0) is 86.9 Å². The lowest BCUT2D eigenvalue weighted by atomic mass is 10.0. The molecule has 1 aliphatic rings. The van der Waals surface area contributed by atoms with E-state index >= 15 is 0 Å². The smallest absolute Gasteiger partial charge is 0.335 e. The van der Waals surface area contributed by atoms with Crippen molar-refractivity contribution in [2.75, 3.05) is 23.4 Å². The van der Waals surface area contributed by atoms with E-state index in [1.54, 1.807) is 37.3 Å². The highest BCUT2D eigenvalue weighted by atomic mass is 35.5. The Hall–Kier alpha value is -4.63. The number of hydrogen-bond acceptors (Lipinski definition) is 6. The lowest BCUT2D eigenvalue weighted by Gasteiger charge is -2.27. The number of nitrogens with zero attached hydrogens (tertiary/aromatic N) is 1. The average molecular weight is 562 g/mol. The highest BCUT2D eigenvalue weighted by Crippen LogP contribution is 2.37. The van der Waals surface area contributed by atoms with Gasteiger partial charge in [0, 0.05) is 5.69 Å². The minimum absolute atomic E-state index is 0.103. The molecule has 0 bridgehead atoms. The molecular formula is C30H28ClN3O6. The van der Waals surface area contributed by atoms with Gasteiger partial charge in [0.05, 0.1) is 17.3 Å². The summed E-state index contributed by atoms with van der Waals surface area (Å²) in [5.74, 6) is -1.66. The summed E-state index contributed by atoms with van der Waals surface area (Å²) in [7, 11) is 0. The van der Waals surface area contributed by atoms with Crippen LogP contribution in [0.15, 0.2) is 60.2 Å². The number of rotatable bonds is 8. The fraction of sp³-hybridized carbons (Fsp3) is 0.200. The molecule has 9 nitrogen and oxygen atoms in total. The molecule has 3 aromatic rings. The number of imide groups is 2. The van der Waals surface area contributed by atoms with Crippen LogP contribution in [0.1, 0.15) is 29.2 Å². The van der Waals surface area contributed by atoms with E-state index in [9.17, 15) is 19.2 Å². The fourth-order valence-corrected chi connectivity index (χ4v) is 4.24. The summed E-state index contributed by atoms with van der Waals surface area (Å²) >= 11 is 6.49. The lowest BCUT2D eigenvalue weighted by Crippen LogP contribution is -2.54. The number of amides is 5. The predicted molar refractivity (Wildman–Crippen MR) is 153 cm³/mol. The van der Waals surface area contributed by atoms with Crippen LogP contribution in [0, 0.1) is 20.8 Å². The number of benzene rings is 3. The third kappa shape index (κ3) is 6.32. The second-order valence-corrected chi connectivity index (χ2v) is 9.60. The van der Waals surface area contributed by atoms with Crippen LogP contribution in [-0.4, -0.2) is 37.0 Å². The van der Waals surface area contributed by atoms with E-state index < -0.39 is 23.8 Å². The van der Waals surface area contributed by atoms with Crippen molar-refractivity contribution in [1.29, 1.82) is 0 Å². The maximum Gasteiger partial charge on any atom is 0.335 e. The minimum Gasteiger partial charge on any atom is -0.490 e. The summed E-state index contributed by atoms with van der Waals surface area (Å²) in [4.78, 5) is 51.8. The van der Waals surface area contributed by atoms with Crippen molar-refractivity contribution in [3.05, 3.63) is 87.4 Å². The van der Waals surface area contributed by atoms with Crippen LogP contribution in [0.3, 0.4) is 0 Å². The molecular weight excluding hydrogens is 534 g/mol. The molecule has 1 saturated heterocycles. The Balaban J connectivity index is 1.58. The number of carbonyl (C=O) groups is 4. The van der Waals surface area contributed by atoms with Gasteiger partial charge in [-0.2, -0.15) is 0 Å². The molecule has 0 aliphatic carbocycles. The fourth-order valence-electron chi connectivity index (χ4n) is 3.97. The molecule has 0 spiro atoms. The van der Waals surface area contributed by atoms with Gasteiger partial charge in [-0.1, -0.05) is 35.4 Å². The zero-order valence-corrected chi connectivity index (χ0v) is 23.2. The molecule has 0 atom stereocenters. The molecule has 0 aromatic heterocycles. The van der Waals surface area contributed by atoms with Gasteiger partial charge in [-0.15, -0.1) is 0 Å². The zero-order valence-electron chi connectivity index (χ0n) is 22.5. The first-order valence-electron chi connectivity index (χ1n) is 12.5. The van der Waals surface area contributed by atoms with Gasteiger partial charge in [0.1, 0.15) is 5.57 Å². The maximum absolute atomic E-state index is 13.3. The minimum atomic E-state index is -0.837. The number of halogens is 1. The number of hydrogen-bond donors (Lipinski definition) is 2. The van der Waals surface area contributed by atoms with Crippen molar-refractivity contribution in [2.24, 2.45) is 0 Å². The highest BCUT2D eigenvalue weighted by Gasteiger charge is 2.37. The van der Waals surface area contributed by atoms with E-state index in [4.69, 9.17) is 21.1 Å². The highest BCUT2D eigenvalue weighted by molar-refractivity contribution is 6.39. The van der Waals surface area contributed by atoms with Gasteiger partial charge >= 0.3 is 6.03 Å². The molecule has 1 aliphatic heterocycles. The van der Waals surface area contributed by atoms with Crippen molar-refractivity contribution in [2.45, 2.75) is 27.7 Å². The Morgan fingerprint density at radius 1 is 0.975 bits per heavy atom. The van der Waals surface area contributed by atoms with Gasteiger partial charge < -0.3 is 14.8 Å². The number of nitrogens with one attached hydrogen (secondary N) is 2. The van der Waals surface area contributed by atoms with Crippen LogP contribution in [-0.2, 0) is 14.4 Å². The first-order chi connectivity index (χ1) is 19.1. The summed E-state index contributed by atoms with van der Waals surface area (Å²) < 4.78 is 11.4. The molecule has 1 heterocycles. The number of barbiturate groups is 1. The topological polar surface area (TPSA) is 114 Å². The van der Waals surface area contributed by atoms with Gasteiger partial charge in [-0.25, -0.2) is 9.69 Å². The Morgan fingerprint density at radius 2 is 1.70 bits per heavy atom. The van der Waals surface area contributed by atoms with E-state index in [2.05, 4.69) is 10.6 Å². The molecule has 0 unspecified atom stereocenters. The van der Waals surface area contributed by atoms with E-state index in [-0.39, 0.29) is 35.3 Å². The summed E-state index contributed by atoms with van der Waals surface area (Å²) in [5, 5.41) is 5.05. The molecule has 206 valence electrons. The van der Waals surface area contributed by atoms with E-state index in [1.165, 1.54) is 18.2 Å². The largest absolute Gasteiger partial charge is 0.490 e. The third-order valence-corrected chi connectivity index (χ3v) is 6.46. The van der Waals surface area contributed by atoms with E-state index in [0.29, 0.717) is 16.9 Å². The van der Waals surface area contributed by atoms with Crippen LogP contribution < -0.4 is 25.0 Å². The van der Waals surface area contributed by atoms with E-state index in [0.717, 1.165) is 21.6 Å². The molecule has 2 N–H and O–H groups in total. The van der Waals surface area contributed by atoms with Gasteiger partial charge in [0.15, 0.2) is 18.1 Å². The monoisotopic (exact) mass is 561 g/mol. The second kappa shape index (κ2) is 12.0. The standard InChI is InChI=1S/C30H28ClN3O6/c1-5-39-25-15-20(14-24(31)27(25)40-16-26(35)32-21-9-6-17(2)7-10-21)13-23-28(36)33-30(38)34(29(23)37)22-11-8-18(3)19(4)12-22/h6-15H,5,16H2,1-4H3,(H,32,35)(H,33,36,38)/b23-13+. The summed E-state index contributed by atoms with van der Waals surface area (Å²) in [6, 6.07) is 14.6. The normalized spacial score (nSPS) is 14.3. The van der Waals surface area contributed by atoms with E-state index in [1.807, 2.05) is 32.9 Å². The van der Waals surface area contributed by atoms with Crippen molar-refractivity contribution in [3.8, 4) is 11.5 Å². The lowest BCUT2D eigenvalue weighted by molar-refractivity contribution is -0.122. The first kappa shape index (κ1) is 28.4. The predicted octanol–water partition coefficient (Wildman–Crippen LogP) is 5.35. The molecule has 5 amide bonds. The summed E-state index contributed by atoms with van der Waals surface area (Å²) in [6.07, 6.45) is 1.32. The molecule has 10 heteroatoms. The quantitative estimate of drug-likeness (QED) is 0.283. The molecule has 3 aromatic carbocycles. The van der Waals surface area contributed by atoms with Crippen molar-refractivity contribution in [3.63, 3.8) is 0 Å². The van der Waals surface area contributed by atoms with Crippen LogP contribution in [0.2, 0.25) is 5.02 Å². The van der Waals surface area contributed by atoms with Crippen LogP contribution in [0.4, 0.5) is 16.2 Å². The number of ether oxygens (including phenoxy) is 2. The maximum atomic E-state index is 13.3. The van der Waals surface area contributed by atoms with Crippen LogP contribution in [0.25, 0.3) is 6.08 Å². The Bertz CT molecular complexity index is 1530. The number of aryl methyl sites for hydroxylation is 3. The molecule has 4 rings (SSSR count). The number of anilines is 2. The zero-order chi connectivity index (χ0) is 29.0. The molecule has 40 heavy (non-hydrogen) atoms. The van der Waals surface area contributed by atoms with Crippen LogP contribution in [0.5, 0.6) is 11.5 Å². The van der Waals surface area contributed by atoms with Gasteiger partial charge in [0.2, 0.25) is 0 Å². The Labute approximate surface area is 236 Å². The van der Waals surface area contributed by atoms with Gasteiger partial charge in [-0.3, -0.25) is 19.7 Å². The summed E-state index contributed by atoms with van der Waals surface area (Å²) in [5.41, 5.74) is 4.01. The number of carbonyl (C=O) groups excluding carboxylic acids is 4. The number of urea groups is 1. The molecule has 0 radical (unpaired) electrons. The van der Waals surface area contributed by atoms with Gasteiger partial charge in [0.25, 0.3) is 17.7 Å². The van der Waals surface area contributed by atoms with Crippen molar-refractivity contribution in [1.82, 2.24) is 5.32 Å². The third-order valence-electron chi connectivity index (χ3n) is 6.18. The molecule has 0 saturated carbocycles. The SMILES string of the molecule is CCOc1cc(/C=C2\C(=O)NC(=O)N(c3ccc(C)c(C)c3)C2=O)cc(Cl)c1OCC(=O)Nc1ccc(C)cc1. The Morgan fingerprint density at radius 3 is 2.38 bits per heavy atom. The second-order valence-electron chi connectivity index (χ2n) is 9.19. The Kier molecular flexibility index (Phi) is 8.55. The van der Waals surface area contributed by atoms with Crippen molar-refractivity contribution >= 4 is 52.8 Å². The average Bonchev–Trinajstić information content (AvgIpc) is 2.89. The first-order valence-corrected chi connectivity index (χ1v) is 12.9. The summed E-state index contributed by atoms with van der Waals surface area (Å²) in [6.45, 7) is 7.41. The van der Waals surface area contributed by atoms with Crippen LogP contribution >= 0.6 is 11.6 Å². The molecule has 1 fully saturated rings. The van der Waals surface area contributed by atoms with Crippen molar-refractivity contribution < 1.29 is 28.7 Å².